The Hall–Kier alpha value is -2.32. The van der Waals surface area contributed by atoms with Crippen molar-refractivity contribution in [3.63, 3.8) is 0 Å². The first-order valence-electron chi connectivity index (χ1n) is 6.76. The van der Waals surface area contributed by atoms with Crippen LogP contribution in [0.3, 0.4) is 0 Å². The molecule has 0 saturated heterocycles. The smallest absolute Gasteiger partial charge is 0.127 e. The van der Waals surface area contributed by atoms with Crippen molar-refractivity contribution in [1.82, 2.24) is 0 Å². The fourth-order valence-corrected chi connectivity index (χ4v) is 2.37. The monoisotopic (exact) mass is 263 g/mol. The SMILES string of the molecule is NCc1ccc(OCc2ccccc2)c2ccccc12. The highest BCUT2D eigenvalue weighted by Gasteiger charge is 2.05. The van der Waals surface area contributed by atoms with Gasteiger partial charge in [0.2, 0.25) is 0 Å². The number of benzene rings is 3. The highest BCUT2D eigenvalue weighted by molar-refractivity contribution is 5.91. The Bertz CT molecular complexity index is 707. The molecule has 0 saturated carbocycles. The summed E-state index contributed by atoms with van der Waals surface area (Å²) < 4.78 is 5.96. The van der Waals surface area contributed by atoms with E-state index in [1.807, 2.05) is 42.5 Å². The molecule has 0 aliphatic rings. The Morgan fingerprint density at radius 3 is 2.20 bits per heavy atom. The summed E-state index contributed by atoms with van der Waals surface area (Å²) in [5.41, 5.74) is 8.10. The lowest BCUT2D eigenvalue weighted by Crippen LogP contribution is -2.00. The molecule has 0 aromatic heterocycles. The molecule has 0 amide bonds. The van der Waals surface area contributed by atoms with Gasteiger partial charge in [-0.05, 0) is 22.6 Å². The number of fused-ring (bicyclic) bond motifs is 1. The Morgan fingerprint density at radius 2 is 1.45 bits per heavy atom. The predicted octanol–water partition coefficient (Wildman–Crippen LogP) is 3.88. The van der Waals surface area contributed by atoms with E-state index in [4.69, 9.17) is 10.5 Å². The summed E-state index contributed by atoms with van der Waals surface area (Å²) in [6.45, 7) is 1.12. The van der Waals surface area contributed by atoms with Gasteiger partial charge in [0.15, 0.2) is 0 Å². The standard InChI is InChI=1S/C18H17NO/c19-12-15-10-11-18(17-9-5-4-8-16(15)17)20-13-14-6-2-1-3-7-14/h1-11H,12-13,19H2. The molecule has 0 fully saturated rings. The number of ether oxygens (including phenoxy) is 1. The summed E-state index contributed by atoms with van der Waals surface area (Å²) in [5.74, 6) is 0.904. The van der Waals surface area contributed by atoms with Crippen LogP contribution < -0.4 is 10.5 Å². The molecule has 0 bridgehead atoms. The maximum atomic E-state index is 5.96. The van der Waals surface area contributed by atoms with E-state index in [-0.39, 0.29) is 0 Å². The third-order valence-corrected chi connectivity index (χ3v) is 3.43. The first-order chi connectivity index (χ1) is 9.88. The third kappa shape index (κ3) is 2.51. The molecule has 3 aromatic rings. The first kappa shape index (κ1) is 12.7. The van der Waals surface area contributed by atoms with Crippen molar-refractivity contribution in [2.24, 2.45) is 5.73 Å². The molecule has 0 unspecified atom stereocenters. The first-order valence-corrected chi connectivity index (χ1v) is 6.76. The van der Waals surface area contributed by atoms with E-state index in [2.05, 4.69) is 24.3 Å². The van der Waals surface area contributed by atoms with Crippen LogP contribution in [0, 0.1) is 0 Å². The summed E-state index contributed by atoms with van der Waals surface area (Å²) in [7, 11) is 0. The van der Waals surface area contributed by atoms with Crippen LogP contribution in [-0.4, -0.2) is 0 Å². The minimum Gasteiger partial charge on any atom is -0.488 e. The molecule has 3 aromatic carbocycles. The van der Waals surface area contributed by atoms with Gasteiger partial charge in [0, 0.05) is 11.9 Å². The summed E-state index contributed by atoms with van der Waals surface area (Å²) >= 11 is 0. The number of hydrogen-bond donors (Lipinski definition) is 1. The van der Waals surface area contributed by atoms with E-state index >= 15 is 0 Å². The predicted molar refractivity (Wildman–Crippen MR) is 82.6 cm³/mol. The van der Waals surface area contributed by atoms with Gasteiger partial charge in [-0.1, -0.05) is 60.7 Å². The maximum Gasteiger partial charge on any atom is 0.127 e. The molecule has 0 aliphatic heterocycles. The molecule has 3 rings (SSSR count). The van der Waals surface area contributed by atoms with Crippen LogP contribution in [0.15, 0.2) is 66.7 Å². The van der Waals surface area contributed by atoms with Crippen molar-refractivity contribution in [2.75, 3.05) is 0 Å². The highest BCUT2D eigenvalue weighted by atomic mass is 16.5. The normalized spacial score (nSPS) is 10.7. The number of nitrogens with two attached hydrogens (primary N) is 1. The van der Waals surface area contributed by atoms with E-state index in [1.165, 1.54) is 10.9 Å². The van der Waals surface area contributed by atoms with E-state index in [0.717, 1.165) is 16.7 Å². The van der Waals surface area contributed by atoms with Crippen LogP contribution in [0.1, 0.15) is 11.1 Å². The lowest BCUT2D eigenvalue weighted by molar-refractivity contribution is 0.310. The zero-order valence-corrected chi connectivity index (χ0v) is 11.3. The summed E-state index contributed by atoms with van der Waals surface area (Å²) in [6.07, 6.45) is 0. The second kappa shape index (κ2) is 5.76. The molecule has 2 N–H and O–H groups in total. The molecule has 0 radical (unpaired) electrons. The number of hydrogen-bond acceptors (Lipinski definition) is 2. The molecular formula is C18H17NO. The fraction of sp³-hybridized carbons (Fsp3) is 0.111. The highest BCUT2D eigenvalue weighted by Crippen LogP contribution is 2.29. The van der Waals surface area contributed by atoms with Gasteiger partial charge in [-0.3, -0.25) is 0 Å². The van der Waals surface area contributed by atoms with Gasteiger partial charge in [-0.15, -0.1) is 0 Å². The van der Waals surface area contributed by atoms with Gasteiger partial charge in [-0.2, -0.15) is 0 Å². The topological polar surface area (TPSA) is 35.2 Å². The lowest BCUT2D eigenvalue weighted by atomic mass is 10.0. The average molecular weight is 263 g/mol. The molecular weight excluding hydrogens is 246 g/mol. The summed E-state index contributed by atoms with van der Waals surface area (Å²) in [5, 5.41) is 2.28. The molecule has 2 nitrogen and oxygen atoms in total. The van der Waals surface area contributed by atoms with Crippen LogP contribution in [0.5, 0.6) is 5.75 Å². The summed E-state index contributed by atoms with van der Waals surface area (Å²) in [6, 6.07) is 22.5. The van der Waals surface area contributed by atoms with Crippen LogP contribution in [0.2, 0.25) is 0 Å². The van der Waals surface area contributed by atoms with Crippen LogP contribution in [-0.2, 0) is 13.2 Å². The third-order valence-electron chi connectivity index (χ3n) is 3.43. The molecule has 0 spiro atoms. The van der Waals surface area contributed by atoms with Gasteiger partial charge in [0.25, 0.3) is 0 Å². The number of rotatable bonds is 4. The van der Waals surface area contributed by atoms with E-state index in [9.17, 15) is 0 Å². The van der Waals surface area contributed by atoms with E-state index < -0.39 is 0 Å². The van der Waals surface area contributed by atoms with Gasteiger partial charge in [-0.25, -0.2) is 0 Å². The molecule has 100 valence electrons. The van der Waals surface area contributed by atoms with Gasteiger partial charge in [0.1, 0.15) is 12.4 Å². The Kier molecular flexibility index (Phi) is 3.66. The summed E-state index contributed by atoms with van der Waals surface area (Å²) in [4.78, 5) is 0. The second-order valence-electron chi connectivity index (χ2n) is 4.75. The zero-order valence-electron chi connectivity index (χ0n) is 11.3. The molecule has 0 aliphatic carbocycles. The van der Waals surface area contributed by atoms with Gasteiger partial charge in [0.05, 0.1) is 0 Å². The lowest BCUT2D eigenvalue weighted by Gasteiger charge is -2.12. The molecule has 0 atom stereocenters. The molecule has 0 heterocycles. The Balaban J connectivity index is 1.92. The molecule has 2 heteroatoms. The van der Waals surface area contributed by atoms with Crippen molar-refractivity contribution in [3.05, 3.63) is 77.9 Å². The van der Waals surface area contributed by atoms with Crippen LogP contribution >= 0.6 is 0 Å². The van der Waals surface area contributed by atoms with Crippen molar-refractivity contribution in [3.8, 4) is 5.75 Å². The van der Waals surface area contributed by atoms with Crippen molar-refractivity contribution in [1.29, 1.82) is 0 Å². The largest absolute Gasteiger partial charge is 0.488 e. The zero-order chi connectivity index (χ0) is 13.8. The van der Waals surface area contributed by atoms with Gasteiger partial charge >= 0.3 is 0 Å². The fourth-order valence-electron chi connectivity index (χ4n) is 2.37. The second-order valence-corrected chi connectivity index (χ2v) is 4.75. The van der Waals surface area contributed by atoms with E-state index in [0.29, 0.717) is 13.2 Å². The van der Waals surface area contributed by atoms with Crippen molar-refractivity contribution in [2.45, 2.75) is 13.2 Å². The van der Waals surface area contributed by atoms with Crippen molar-refractivity contribution < 1.29 is 4.74 Å². The van der Waals surface area contributed by atoms with E-state index in [1.54, 1.807) is 0 Å². The quantitative estimate of drug-likeness (QED) is 0.775. The minimum absolute atomic E-state index is 0.541. The Labute approximate surface area is 118 Å². The van der Waals surface area contributed by atoms with Crippen molar-refractivity contribution >= 4 is 10.8 Å². The Morgan fingerprint density at radius 1 is 0.750 bits per heavy atom. The van der Waals surface area contributed by atoms with Crippen LogP contribution in [0.4, 0.5) is 0 Å². The van der Waals surface area contributed by atoms with Gasteiger partial charge < -0.3 is 10.5 Å². The maximum absolute atomic E-state index is 5.96. The minimum atomic E-state index is 0.541. The average Bonchev–Trinajstić information content (AvgIpc) is 2.53. The van der Waals surface area contributed by atoms with Crippen LogP contribution in [0.25, 0.3) is 10.8 Å². The molecule has 20 heavy (non-hydrogen) atoms.